The fraction of sp³-hybridized carbons (Fsp3) is 0.556. The number of aryl methyl sites for hydroxylation is 2. The molecule has 0 atom stereocenters. The Morgan fingerprint density at radius 3 is 2.58 bits per heavy atom. The third-order valence-corrected chi connectivity index (χ3v) is 5.25. The molecular weight excluding hydrogens is 348 g/mol. The highest BCUT2D eigenvalue weighted by atomic mass is 32.1. The van der Waals surface area contributed by atoms with Crippen LogP contribution in [0.1, 0.15) is 49.0 Å². The maximum absolute atomic E-state index is 12.3. The number of carbonyl (C=O) groups excluding carboxylic acids is 1. The second-order valence-electron chi connectivity index (χ2n) is 7.44. The molecule has 1 aliphatic heterocycles. The Balaban J connectivity index is 1.69. The average Bonchev–Trinajstić information content (AvgIpc) is 2.98. The van der Waals surface area contributed by atoms with Crippen molar-refractivity contribution in [3.63, 3.8) is 0 Å². The summed E-state index contributed by atoms with van der Waals surface area (Å²) in [6.45, 7) is 8.88. The number of carbonyl (C=O) groups is 1. The molecule has 0 spiro atoms. The average molecular weight is 375 g/mol. The van der Waals surface area contributed by atoms with Gasteiger partial charge in [0.05, 0.1) is 5.54 Å². The molecule has 26 heavy (non-hydrogen) atoms. The minimum atomic E-state index is -0.824. The molecule has 0 unspecified atom stereocenters. The molecule has 8 heteroatoms. The normalized spacial score (nSPS) is 16.0. The minimum Gasteiger partial charge on any atom is -0.341 e. The Bertz CT molecular complexity index is 789. The molecule has 0 bridgehead atoms. The van der Waals surface area contributed by atoms with Crippen molar-refractivity contribution in [3.05, 3.63) is 28.7 Å². The third kappa shape index (κ3) is 4.37. The van der Waals surface area contributed by atoms with Gasteiger partial charge in [-0.15, -0.1) is 11.3 Å². The van der Waals surface area contributed by atoms with Gasteiger partial charge < -0.3 is 16.0 Å². The summed E-state index contributed by atoms with van der Waals surface area (Å²) in [4.78, 5) is 29.0. The van der Waals surface area contributed by atoms with Gasteiger partial charge in [0.2, 0.25) is 5.91 Å². The lowest BCUT2D eigenvalue weighted by Crippen LogP contribution is -2.53. The van der Waals surface area contributed by atoms with Gasteiger partial charge in [-0.05, 0) is 40.5 Å². The number of amides is 1. The van der Waals surface area contributed by atoms with Gasteiger partial charge in [-0.25, -0.2) is 15.0 Å². The first-order valence-corrected chi connectivity index (χ1v) is 9.67. The molecule has 2 aromatic rings. The van der Waals surface area contributed by atoms with Crippen LogP contribution >= 0.6 is 11.3 Å². The number of hydrogen-bond donors (Lipinski definition) is 2. The predicted molar refractivity (Wildman–Crippen MR) is 104 cm³/mol. The van der Waals surface area contributed by atoms with E-state index in [2.05, 4.69) is 15.3 Å². The molecule has 7 nitrogen and oxygen atoms in total. The lowest BCUT2D eigenvalue weighted by Gasteiger charge is -2.35. The Labute approximate surface area is 158 Å². The molecule has 0 aliphatic carbocycles. The van der Waals surface area contributed by atoms with E-state index in [0.717, 1.165) is 40.2 Å². The molecule has 3 N–H and O–H groups in total. The zero-order chi connectivity index (χ0) is 18.9. The van der Waals surface area contributed by atoms with Gasteiger partial charge in [0.15, 0.2) is 5.13 Å². The minimum absolute atomic E-state index is 0.00241. The molecule has 1 fully saturated rings. The number of piperidine rings is 1. The van der Waals surface area contributed by atoms with Crippen LogP contribution in [0.2, 0.25) is 0 Å². The molecule has 140 valence electrons. The number of nitrogens with two attached hydrogens (primary N) is 1. The number of aromatic nitrogens is 3. The third-order valence-electron chi connectivity index (χ3n) is 4.43. The molecule has 2 aromatic heterocycles. The summed E-state index contributed by atoms with van der Waals surface area (Å²) < 4.78 is 0. The van der Waals surface area contributed by atoms with Crippen molar-refractivity contribution in [3.8, 4) is 0 Å². The van der Waals surface area contributed by atoms with Gasteiger partial charge in [-0.2, -0.15) is 0 Å². The van der Waals surface area contributed by atoms with Gasteiger partial charge in [0.1, 0.15) is 11.6 Å². The highest BCUT2D eigenvalue weighted by Gasteiger charge is 2.32. The van der Waals surface area contributed by atoms with Crippen molar-refractivity contribution in [2.24, 2.45) is 5.73 Å². The van der Waals surface area contributed by atoms with Crippen LogP contribution in [0.5, 0.6) is 0 Å². The van der Waals surface area contributed by atoms with Gasteiger partial charge >= 0.3 is 0 Å². The van der Waals surface area contributed by atoms with Crippen molar-refractivity contribution in [1.29, 1.82) is 0 Å². The van der Waals surface area contributed by atoms with Crippen molar-refractivity contribution in [2.45, 2.75) is 52.0 Å². The fourth-order valence-corrected chi connectivity index (χ4v) is 3.78. The number of thiazole rings is 1. The number of anilines is 2. The van der Waals surface area contributed by atoms with E-state index in [-0.39, 0.29) is 11.8 Å². The molecule has 3 rings (SSSR count). The first-order valence-electron chi connectivity index (χ1n) is 8.85. The smallest absolute Gasteiger partial charge is 0.242 e. The summed E-state index contributed by atoms with van der Waals surface area (Å²) in [5.41, 5.74) is 6.04. The van der Waals surface area contributed by atoms with Crippen LogP contribution in [0, 0.1) is 13.8 Å². The van der Waals surface area contributed by atoms with Gasteiger partial charge in [-0.1, -0.05) is 0 Å². The zero-order valence-corrected chi connectivity index (χ0v) is 16.6. The predicted octanol–water partition coefficient (Wildman–Crippen LogP) is 2.74. The van der Waals surface area contributed by atoms with E-state index in [1.807, 2.05) is 31.0 Å². The number of nitrogens with one attached hydrogen (secondary N) is 1. The highest BCUT2D eigenvalue weighted by Crippen LogP contribution is 2.28. The molecule has 1 saturated heterocycles. The lowest BCUT2D eigenvalue weighted by atomic mass is 9.94. The Hall–Kier alpha value is -2.06. The van der Waals surface area contributed by atoms with E-state index in [1.165, 1.54) is 0 Å². The topological polar surface area (TPSA) is 97.0 Å². The molecule has 3 heterocycles. The molecular formula is C18H26N6OS. The number of hydrogen-bond acceptors (Lipinski definition) is 7. The van der Waals surface area contributed by atoms with E-state index in [0.29, 0.717) is 13.1 Å². The second-order valence-corrected chi connectivity index (χ2v) is 8.68. The van der Waals surface area contributed by atoms with E-state index in [1.54, 1.807) is 25.2 Å². The van der Waals surface area contributed by atoms with E-state index >= 15 is 0 Å². The van der Waals surface area contributed by atoms with Crippen LogP contribution in [-0.4, -0.2) is 44.4 Å². The summed E-state index contributed by atoms with van der Waals surface area (Å²) in [6.07, 6.45) is 3.54. The van der Waals surface area contributed by atoms with Crippen LogP contribution < -0.4 is 11.1 Å². The molecule has 0 aromatic carbocycles. The van der Waals surface area contributed by atoms with Gasteiger partial charge in [0.25, 0.3) is 0 Å². The first kappa shape index (κ1) is 18.7. The highest BCUT2D eigenvalue weighted by molar-refractivity contribution is 7.15. The fourth-order valence-electron chi connectivity index (χ4n) is 3.11. The van der Waals surface area contributed by atoms with Crippen molar-refractivity contribution >= 4 is 28.2 Å². The standard InChI is InChI=1S/C18H26N6OS/c1-11-9-14(23-17-20-10-12(2)26-17)22-15(21-11)13-5-7-24(8-6-13)16(25)18(3,4)19/h9-10,13H,5-8,19H2,1-4H3,(H,20,21,22,23). The zero-order valence-electron chi connectivity index (χ0n) is 15.7. The van der Waals surface area contributed by atoms with Crippen LogP contribution in [0.15, 0.2) is 12.3 Å². The second kappa shape index (κ2) is 7.28. The van der Waals surface area contributed by atoms with Crippen LogP contribution in [0.4, 0.5) is 10.9 Å². The van der Waals surface area contributed by atoms with Crippen molar-refractivity contribution in [1.82, 2.24) is 19.9 Å². The summed E-state index contributed by atoms with van der Waals surface area (Å²) in [7, 11) is 0. The van der Waals surface area contributed by atoms with Gasteiger partial charge in [0, 0.05) is 41.8 Å². The van der Waals surface area contributed by atoms with Gasteiger partial charge in [-0.3, -0.25) is 4.79 Å². The summed E-state index contributed by atoms with van der Waals surface area (Å²) >= 11 is 1.60. The summed E-state index contributed by atoms with van der Waals surface area (Å²) in [5, 5.41) is 4.10. The number of rotatable bonds is 4. The Morgan fingerprint density at radius 1 is 1.31 bits per heavy atom. The van der Waals surface area contributed by atoms with Crippen molar-refractivity contribution < 1.29 is 4.79 Å². The quantitative estimate of drug-likeness (QED) is 0.854. The number of likely N-dealkylation sites (tertiary alicyclic amines) is 1. The Morgan fingerprint density at radius 2 is 2.00 bits per heavy atom. The van der Waals surface area contributed by atoms with Crippen LogP contribution in [-0.2, 0) is 4.79 Å². The summed E-state index contributed by atoms with van der Waals surface area (Å²) in [6, 6.07) is 1.93. The van der Waals surface area contributed by atoms with Crippen LogP contribution in [0.3, 0.4) is 0 Å². The van der Waals surface area contributed by atoms with E-state index in [4.69, 9.17) is 10.7 Å². The maximum atomic E-state index is 12.3. The molecule has 1 aliphatic rings. The SMILES string of the molecule is Cc1cc(Nc2ncc(C)s2)nc(C2CCN(C(=O)C(C)(C)N)CC2)n1. The largest absolute Gasteiger partial charge is 0.341 e. The number of nitrogens with zero attached hydrogens (tertiary/aromatic N) is 4. The maximum Gasteiger partial charge on any atom is 0.242 e. The molecule has 0 radical (unpaired) electrons. The molecule has 1 amide bonds. The summed E-state index contributed by atoms with van der Waals surface area (Å²) in [5.74, 6) is 1.85. The van der Waals surface area contributed by atoms with Crippen molar-refractivity contribution in [2.75, 3.05) is 18.4 Å². The van der Waals surface area contributed by atoms with E-state index < -0.39 is 5.54 Å². The molecule has 0 saturated carbocycles. The van der Waals surface area contributed by atoms with Crippen LogP contribution in [0.25, 0.3) is 0 Å². The Kier molecular flexibility index (Phi) is 5.24. The monoisotopic (exact) mass is 374 g/mol. The van der Waals surface area contributed by atoms with E-state index in [9.17, 15) is 4.79 Å². The first-order chi connectivity index (χ1) is 12.2. The lowest BCUT2D eigenvalue weighted by molar-refractivity contribution is -0.136.